The van der Waals surface area contributed by atoms with Crippen LogP contribution < -0.4 is 5.73 Å². The highest BCUT2D eigenvalue weighted by Gasteiger charge is 2.37. The molecule has 2 unspecified atom stereocenters. The third kappa shape index (κ3) is 2.82. The zero-order chi connectivity index (χ0) is 12.6. The molecule has 3 nitrogen and oxygen atoms in total. The Kier molecular flexibility index (Phi) is 3.48. The van der Waals surface area contributed by atoms with Crippen LogP contribution in [0.25, 0.3) is 0 Å². The standard InChI is InChI=1S/C14H26N2O/c1-14(2,3)12(15)13(17)16-8-10-5-4-6-11(7-10)9-16/h10-12H,4-9,15H2,1-3H3/t10?,11?,12-/m1/s1. The quantitative estimate of drug-likeness (QED) is 0.759. The normalized spacial score (nSPS) is 31.2. The average molecular weight is 238 g/mol. The summed E-state index contributed by atoms with van der Waals surface area (Å²) in [5.74, 6) is 1.63. The summed E-state index contributed by atoms with van der Waals surface area (Å²) in [4.78, 5) is 14.4. The second kappa shape index (κ2) is 4.60. The minimum atomic E-state index is -0.360. The van der Waals surface area contributed by atoms with Gasteiger partial charge < -0.3 is 10.6 Å². The molecule has 2 N–H and O–H groups in total. The van der Waals surface area contributed by atoms with Crippen LogP contribution in [0.15, 0.2) is 0 Å². The van der Waals surface area contributed by atoms with Crippen molar-refractivity contribution in [1.82, 2.24) is 4.90 Å². The fourth-order valence-corrected chi connectivity index (χ4v) is 3.18. The lowest BCUT2D eigenvalue weighted by atomic mass is 9.77. The Morgan fingerprint density at radius 2 is 1.76 bits per heavy atom. The number of fused-ring (bicyclic) bond motifs is 2. The van der Waals surface area contributed by atoms with Crippen molar-refractivity contribution in [2.75, 3.05) is 13.1 Å². The highest BCUT2D eigenvalue weighted by atomic mass is 16.2. The Balaban J connectivity index is 2.00. The predicted octanol–water partition coefficient (Wildman–Crippen LogP) is 2.01. The summed E-state index contributed by atoms with van der Waals surface area (Å²) in [6.07, 6.45) is 5.27. The molecule has 1 aliphatic carbocycles. The summed E-state index contributed by atoms with van der Waals surface area (Å²) >= 11 is 0. The van der Waals surface area contributed by atoms with Crippen molar-refractivity contribution in [3.05, 3.63) is 0 Å². The number of piperidine rings is 1. The Hall–Kier alpha value is -0.570. The van der Waals surface area contributed by atoms with Crippen LogP contribution in [-0.2, 0) is 4.79 Å². The molecule has 0 aromatic carbocycles. The van der Waals surface area contributed by atoms with Crippen molar-refractivity contribution in [3.8, 4) is 0 Å². The molecule has 2 rings (SSSR count). The number of rotatable bonds is 1. The molecule has 0 aromatic heterocycles. The molecule has 1 amide bonds. The number of amides is 1. The molecule has 2 fully saturated rings. The van der Waals surface area contributed by atoms with E-state index in [-0.39, 0.29) is 17.4 Å². The number of hydrogen-bond acceptors (Lipinski definition) is 2. The fraction of sp³-hybridized carbons (Fsp3) is 0.929. The number of hydrogen-bond donors (Lipinski definition) is 1. The average Bonchev–Trinajstić information content (AvgIpc) is 2.25. The van der Waals surface area contributed by atoms with Crippen molar-refractivity contribution in [2.45, 2.75) is 52.5 Å². The molecule has 3 atom stereocenters. The molecule has 3 heteroatoms. The van der Waals surface area contributed by atoms with E-state index < -0.39 is 0 Å². The fourth-order valence-electron chi connectivity index (χ4n) is 3.18. The number of nitrogens with zero attached hydrogens (tertiary/aromatic N) is 1. The topological polar surface area (TPSA) is 46.3 Å². The third-order valence-electron chi connectivity index (χ3n) is 4.36. The maximum absolute atomic E-state index is 12.4. The van der Waals surface area contributed by atoms with Gasteiger partial charge in [0, 0.05) is 13.1 Å². The predicted molar refractivity (Wildman–Crippen MR) is 69.5 cm³/mol. The first-order valence-corrected chi connectivity index (χ1v) is 6.92. The van der Waals surface area contributed by atoms with Gasteiger partial charge in [0.15, 0.2) is 0 Å². The van der Waals surface area contributed by atoms with Crippen LogP contribution in [0.3, 0.4) is 0 Å². The summed E-state index contributed by atoms with van der Waals surface area (Å²) in [6, 6.07) is -0.360. The minimum absolute atomic E-state index is 0.135. The van der Waals surface area contributed by atoms with Gasteiger partial charge in [-0.1, -0.05) is 27.2 Å². The van der Waals surface area contributed by atoms with Crippen LogP contribution in [-0.4, -0.2) is 29.9 Å². The molecule has 2 bridgehead atoms. The molecule has 17 heavy (non-hydrogen) atoms. The van der Waals surface area contributed by atoms with E-state index >= 15 is 0 Å². The Morgan fingerprint density at radius 3 is 2.24 bits per heavy atom. The third-order valence-corrected chi connectivity index (χ3v) is 4.36. The molecular formula is C14H26N2O. The molecule has 0 radical (unpaired) electrons. The lowest BCUT2D eigenvalue weighted by Gasteiger charge is -2.43. The van der Waals surface area contributed by atoms with Gasteiger partial charge in [0.2, 0.25) is 5.91 Å². The Bertz CT molecular complexity index is 283. The van der Waals surface area contributed by atoms with E-state index in [4.69, 9.17) is 5.73 Å². The highest BCUT2D eigenvalue weighted by molar-refractivity contribution is 5.82. The Labute approximate surface area is 105 Å². The smallest absolute Gasteiger partial charge is 0.240 e. The van der Waals surface area contributed by atoms with Crippen LogP contribution in [0.2, 0.25) is 0 Å². The number of nitrogens with two attached hydrogens (primary N) is 1. The zero-order valence-corrected chi connectivity index (χ0v) is 11.4. The van der Waals surface area contributed by atoms with Gasteiger partial charge in [-0.3, -0.25) is 4.79 Å². The molecule has 1 heterocycles. The van der Waals surface area contributed by atoms with E-state index in [2.05, 4.69) is 0 Å². The first-order chi connectivity index (χ1) is 7.88. The molecule has 1 saturated carbocycles. The lowest BCUT2D eigenvalue weighted by molar-refractivity contribution is -0.138. The van der Waals surface area contributed by atoms with Crippen molar-refractivity contribution >= 4 is 5.91 Å². The lowest BCUT2D eigenvalue weighted by Crippen LogP contribution is -2.55. The molecule has 1 saturated heterocycles. The summed E-state index contributed by atoms with van der Waals surface area (Å²) in [7, 11) is 0. The van der Waals surface area contributed by atoms with Gasteiger partial charge in [0.05, 0.1) is 6.04 Å². The van der Waals surface area contributed by atoms with E-state index in [1.165, 1.54) is 25.7 Å². The van der Waals surface area contributed by atoms with E-state index in [1.54, 1.807) is 0 Å². The Morgan fingerprint density at radius 1 is 1.24 bits per heavy atom. The van der Waals surface area contributed by atoms with E-state index in [0.29, 0.717) is 0 Å². The highest BCUT2D eigenvalue weighted by Crippen LogP contribution is 2.35. The van der Waals surface area contributed by atoms with Gasteiger partial charge >= 0.3 is 0 Å². The van der Waals surface area contributed by atoms with E-state index in [1.807, 2.05) is 25.7 Å². The molecular weight excluding hydrogens is 212 g/mol. The minimum Gasteiger partial charge on any atom is -0.341 e. The second-order valence-electron chi connectivity index (χ2n) is 6.99. The van der Waals surface area contributed by atoms with E-state index in [9.17, 15) is 4.79 Å². The maximum Gasteiger partial charge on any atom is 0.240 e. The van der Waals surface area contributed by atoms with E-state index in [0.717, 1.165) is 24.9 Å². The van der Waals surface area contributed by atoms with Gasteiger partial charge in [-0.15, -0.1) is 0 Å². The summed E-state index contributed by atoms with van der Waals surface area (Å²) in [6.45, 7) is 8.01. The largest absolute Gasteiger partial charge is 0.341 e. The van der Waals surface area contributed by atoms with Crippen LogP contribution in [0.4, 0.5) is 0 Å². The van der Waals surface area contributed by atoms with Crippen LogP contribution in [0, 0.1) is 17.3 Å². The molecule has 98 valence electrons. The van der Waals surface area contributed by atoms with Gasteiger partial charge in [-0.05, 0) is 36.5 Å². The van der Waals surface area contributed by atoms with Crippen molar-refractivity contribution in [2.24, 2.45) is 23.0 Å². The summed E-state index contributed by atoms with van der Waals surface area (Å²) in [5.41, 5.74) is 5.95. The summed E-state index contributed by atoms with van der Waals surface area (Å²) in [5, 5.41) is 0. The van der Waals surface area contributed by atoms with Crippen molar-refractivity contribution in [3.63, 3.8) is 0 Å². The second-order valence-corrected chi connectivity index (χ2v) is 6.99. The molecule has 0 spiro atoms. The van der Waals surface area contributed by atoms with Crippen LogP contribution >= 0.6 is 0 Å². The summed E-state index contributed by atoms with van der Waals surface area (Å²) < 4.78 is 0. The molecule has 2 aliphatic rings. The number of carbonyl (C=O) groups excluding carboxylic acids is 1. The first kappa shape index (κ1) is 12.9. The van der Waals surface area contributed by atoms with Gasteiger partial charge in [0.25, 0.3) is 0 Å². The van der Waals surface area contributed by atoms with Crippen LogP contribution in [0.5, 0.6) is 0 Å². The van der Waals surface area contributed by atoms with Gasteiger partial charge in [-0.2, -0.15) is 0 Å². The zero-order valence-electron chi connectivity index (χ0n) is 11.4. The number of likely N-dealkylation sites (tertiary alicyclic amines) is 1. The monoisotopic (exact) mass is 238 g/mol. The van der Waals surface area contributed by atoms with Crippen molar-refractivity contribution < 1.29 is 4.79 Å². The van der Waals surface area contributed by atoms with Gasteiger partial charge in [0.1, 0.15) is 0 Å². The molecule has 1 aliphatic heterocycles. The SMILES string of the molecule is CC(C)(C)[C@H](N)C(=O)N1CC2CCCC(C2)C1. The van der Waals surface area contributed by atoms with Crippen LogP contribution in [0.1, 0.15) is 46.5 Å². The van der Waals surface area contributed by atoms with Gasteiger partial charge in [-0.25, -0.2) is 0 Å². The number of carbonyl (C=O) groups is 1. The first-order valence-electron chi connectivity index (χ1n) is 6.92. The van der Waals surface area contributed by atoms with Crippen molar-refractivity contribution in [1.29, 1.82) is 0 Å². The molecule has 0 aromatic rings. The maximum atomic E-state index is 12.4.